The molecule has 0 aliphatic carbocycles. The molecule has 8 heteroatoms. The molecule has 0 spiro atoms. The molecule has 0 saturated heterocycles. The summed E-state index contributed by atoms with van der Waals surface area (Å²) in [7, 11) is 0. The van der Waals surface area contributed by atoms with Gasteiger partial charge in [-0.25, -0.2) is 9.18 Å². The highest BCUT2D eigenvalue weighted by Gasteiger charge is 2.11. The van der Waals surface area contributed by atoms with Crippen LogP contribution in [0.4, 0.5) is 14.9 Å². The van der Waals surface area contributed by atoms with Crippen LogP contribution in [0.5, 0.6) is 0 Å². The topological polar surface area (TPSA) is 84.5 Å². The molecule has 1 aromatic rings. The van der Waals surface area contributed by atoms with Gasteiger partial charge in [0.25, 0.3) is 0 Å². The van der Waals surface area contributed by atoms with Crippen LogP contribution in [0.3, 0.4) is 0 Å². The van der Waals surface area contributed by atoms with Crippen molar-refractivity contribution >= 4 is 35.4 Å². The molecule has 6 nitrogen and oxygen atoms in total. The summed E-state index contributed by atoms with van der Waals surface area (Å²) in [5.74, 6) is -1.67. The maximum Gasteiger partial charge on any atom is 0.325 e. The summed E-state index contributed by atoms with van der Waals surface area (Å²) >= 11 is 1.02. The van der Waals surface area contributed by atoms with Gasteiger partial charge in [0.05, 0.1) is 23.8 Å². The zero-order valence-corrected chi connectivity index (χ0v) is 12.2. The molecule has 0 aliphatic heterocycles. The number of benzene rings is 1. The third-order valence-corrected chi connectivity index (χ3v) is 3.04. The van der Waals surface area contributed by atoms with Crippen molar-refractivity contribution in [3.05, 3.63) is 30.1 Å². The zero-order valence-electron chi connectivity index (χ0n) is 11.3. The first-order valence-corrected chi connectivity index (χ1v) is 7.27. The summed E-state index contributed by atoms with van der Waals surface area (Å²) in [4.78, 5) is 33.9. The molecule has 1 aromatic carbocycles. The Balaban J connectivity index is 2.30. The van der Waals surface area contributed by atoms with E-state index < -0.39 is 23.7 Å². The Hall–Kier alpha value is -2.09. The van der Waals surface area contributed by atoms with Crippen LogP contribution < -0.4 is 10.6 Å². The van der Waals surface area contributed by atoms with Crippen LogP contribution in [0, 0.1) is 5.82 Å². The summed E-state index contributed by atoms with van der Waals surface area (Å²) in [5, 5.41) is 4.25. The van der Waals surface area contributed by atoms with Crippen molar-refractivity contribution in [2.75, 3.05) is 23.4 Å². The van der Waals surface area contributed by atoms with E-state index in [2.05, 4.69) is 10.1 Å². The Morgan fingerprint density at radius 1 is 1.24 bits per heavy atom. The molecule has 21 heavy (non-hydrogen) atoms. The van der Waals surface area contributed by atoms with Crippen LogP contribution >= 0.6 is 11.8 Å². The normalized spacial score (nSPS) is 9.81. The van der Waals surface area contributed by atoms with Crippen molar-refractivity contribution in [1.82, 2.24) is 5.32 Å². The maximum absolute atomic E-state index is 13.3. The number of halogens is 1. The van der Waals surface area contributed by atoms with Gasteiger partial charge in [-0.1, -0.05) is 12.1 Å². The van der Waals surface area contributed by atoms with Crippen molar-refractivity contribution in [3.63, 3.8) is 0 Å². The fraction of sp³-hybridized carbons (Fsp3) is 0.308. The van der Waals surface area contributed by atoms with Crippen LogP contribution in [0.1, 0.15) is 6.92 Å². The third kappa shape index (κ3) is 6.75. The number of urea groups is 1. The van der Waals surface area contributed by atoms with Gasteiger partial charge in [-0.05, 0) is 19.1 Å². The summed E-state index contributed by atoms with van der Waals surface area (Å²) < 4.78 is 18.0. The Kier molecular flexibility index (Phi) is 7.24. The van der Waals surface area contributed by atoms with Crippen LogP contribution in [0.25, 0.3) is 0 Å². The Morgan fingerprint density at radius 3 is 2.62 bits per heavy atom. The van der Waals surface area contributed by atoms with Gasteiger partial charge < -0.3 is 10.1 Å². The van der Waals surface area contributed by atoms with E-state index in [9.17, 15) is 18.8 Å². The van der Waals surface area contributed by atoms with Gasteiger partial charge in [-0.3, -0.25) is 14.9 Å². The smallest absolute Gasteiger partial charge is 0.325 e. The quantitative estimate of drug-likeness (QED) is 0.782. The molecule has 3 amide bonds. The number of nitrogens with one attached hydrogen (secondary N) is 2. The Bertz CT molecular complexity index is 525. The monoisotopic (exact) mass is 314 g/mol. The van der Waals surface area contributed by atoms with Crippen molar-refractivity contribution in [2.45, 2.75) is 6.92 Å². The molecule has 0 radical (unpaired) electrons. The number of thioether (sulfide) groups is 1. The highest BCUT2D eigenvalue weighted by atomic mass is 32.2. The van der Waals surface area contributed by atoms with Crippen LogP contribution in [0.2, 0.25) is 0 Å². The van der Waals surface area contributed by atoms with E-state index in [1.54, 1.807) is 13.0 Å². The largest absolute Gasteiger partial charge is 0.465 e. The molecule has 1 rings (SSSR count). The molecule has 0 aliphatic rings. The van der Waals surface area contributed by atoms with Crippen molar-refractivity contribution in [3.8, 4) is 0 Å². The molecular formula is C13H15FN2O4S. The molecule has 0 atom stereocenters. The van der Waals surface area contributed by atoms with Crippen LogP contribution in [-0.4, -0.2) is 36.0 Å². The molecule has 114 valence electrons. The first kappa shape index (κ1) is 17.0. The van der Waals surface area contributed by atoms with Crippen LogP contribution in [0.15, 0.2) is 24.3 Å². The number of amides is 3. The molecule has 0 heterocycles. The number of rotatable bonds is 6. The van der Waals surface area contributed by atoms with Gasteiger partial charge in [0.2, 0.25) is 5.91 Å². The lowest BCUT2D eigenvalue weighted by Gasteiger charge is -2.07. The van der Waals surface area contributed by atoms with E-state index in [4.69, 9.17) is 0 Å². The Morgan fingerprint density at radius 2 is 1.95 bits per heavy atom. The average molecular weight is 314 g/mol. The number of anilines is 1. The van der Waals surface area contributed by atoms with E-state index in [-0.39, 0.29) is 23.8 Å². The number of ether oxygens (including phenoxy) is 1. The fourth-order valence-electron chi connectivity index (χ4n) is 1.31. The predicted octanol–water partition coefficient (Wildman–Crippen LogP) is 1.77. The highest BCUT2D eigenvalue weighted by molar-refractivity contribution is 8.00. The van der Waals surface area contributed by atoms with Gasteiger partial charge in [0.1, 0.15) is 5.82 Å². The minimum absolute atomic E-state index is 0.0240. The number of hydrogen-bond acceptors (Lipinski definition) is 5. The minimum Gasteiger partial charge on any atom is -0.465 e. The number of carbonyl (C=O) groups is 3. The summed E-state index contributed by atoms with van der Waals surface area (Å²) in [5.41, 5.74) is -0.0259. The van der Waals surface area contributed by atoms with Gasteiger partial charge >= 0.3 is 12.0 Å². The lowest BCUT2D eigenvalue weighted by Crippen LogP contribution is -2.35. The number of esters is 1. The Labute approximate surface area is 125 Å². The first-order valence-electron chi connectivity index (χ1n) is 6.11. The second kappa shape index (κ2) is 8.96. The number of carbonyl (C=O) groups excluding carboxylic acids is 3. The number of para-hydroxylation sites is 1. The SMILES string of the molecule is CCOC(=O)CSCC(=O)NC(=O)Nc1ccccc1F. The summed E-state index contributed by atoms with van der Waals surface area (Å²) in [6, 6.07) is 4.76. The second-order valence-corrected chi connectivity index (χ2v) is 4.77. The van der Waals surface area contributed by atoms with E-state index in [1.165, 1.54) is 18.2 Å². The molecule has 0 aromatic heterocycles. The van der Waals surface area contributed by atoms with Gasteiger partial charge in [-0.15, -0.1) is 11.8 Å². The number of hydrogen-bond donors (Lipinski definition) is 2. The summed E-state index contributed by atoms with van der Waals surface area (Å²) in [6.07, 6.45) is 0. The standard InChI is InChI=1S/C13H15FN2O4S/c1-2-20-12(18)8-21-7-11(17)16-13(19)15-10-6-4-3-5-9(10)14/h3-6H,2,7-8H2,1H3,(H2,15,16,17,19). The fourth-order valence-corrected chi connectivity index (χ4v) is 1.92. The van der Waals surface area contributed by atoms with Gasteiger partial charge in [-0.2, -0.15) is 0 Å². The molecule has 0 unspecified atom stereocenters. The molecule has 2 N–H and O–H groups in total. The first-order chi connectivity index (χ1) is 10.0. The van der Waals surface area contributed by atoms with E-state index >= 15 is 0 Å². The van der Waals surface area contributed by atoms with Crippen molar-refractivity contribution in [2.24, 2.45) is 0 Å². The predicted molar refractivity (Wildman–Crippen MR) is 77.5 cm³/mol. The average Bonchev–Trinajstić information content (AvgIpc) is 2.41. The molecular weight excluding hydrogens is 299 g/mol. The zero-order chi connectivity index (χ0) is 15.7. The van der Waals surface area contributed by atoms with E-state index in [0.717, 1.165) is 11.8 Å². The van der Waals surface area contributed by atoms with E-state index in [1.807, 2.05) is 5.32 Å². The second-order valence-electron chi connectivity index (χ2n) is 3.78. The van der Waals surface area contributed by atoms with E-state index in [0.29, 0.717) is 0 Å². The summed E-state index contributed by atoms with van der Waals surface area (Å²) in [6.45, 7) is 1.96. The highest BCUT2D eigenvalue weighted by Crippen LogP contribution is 2.11. The molecule has 0 saturated carbocycles. The third-order valence-electron chi connectivity index (χ3n) is 2.13. The lowest BCUT2D eigenvalue weighted by atomic mass is 10.3. The molecule has 0 bridgehead atoms. The van der Waals surface area contributed by atoms with Crippen LogP contribution in [-0.2, 0) is 14.3 Å². The maximum atomic E-state index is 13.3. The van der Waals surface area contributed by atoms with Gasteiger partial charge in [0.15, 0.2) is 0 Å². The van der Waals surface area contributed by atoms with Crippen molar-refractivity contribution < 1.29 is 23.5 Å². The lowest BCUT2D eigenvalue weighted by molar-refractivity contribution is -0.139. The molecule has 0 fully saturated rings. The van der Waals surface area contributed by atoms with Crippen molar-refractivity contribution in [1.29, 1.82) is 0 Å². The van der Waals surface area contributed by atoms with Gasteiger partial charge in [0, 0.05) is 0 Å². The number of imide groups is 1. The minimum atomic E-state index is -0.832.